The molecule has 148 valence electrons. The number of tetrazole rings is 1. The molecule has 0 fully saturated rings. The summed E-state index contributed by atoms with van der Waals surface area (Å²) in [5.41, 5.74) is 5.57. The van der Waals surface area contributed by atoms with Gasteiger partial charge in [0.1, 0.15) is 5.75 Å². The molecular weight excluding hydrogens is 380 g/mol. The van der Waals surface area contributed by atoms with Gasteiger partial charge in [-0.15, -0.1) is 10.2 Å². The molecule has 0 atom stereocenters. The lowest BCUT2D eigenvalue weighted by molar-refractivity contribution is 0.0955. The molecule has 1 heterocycles. The van der Waals surface area contributed by atoms with Gasteiger partial charge in [0.15, 0.2) is 0 Å². The van der Waals surface area contributed by atoms with Crippen LogP contribution in [0, 0.1) is 0 Å². The van der Waals surface area contributed by atoms with E-state index in [0.29, 0.717) is 17.9 Å². The number of nitrogens with one attached hydrogen (secondary N) is 1. The third-order valence-corrected chi connectivity index (χ3v) is 4.30. The number of benzene rings is 3. The Morgan fingerprint density at radius 3 is 2.47 bits per heavy atom. The second kappa shape index (κ2) is 8.78. The summed E-state index contributed by atoms with van der Waals surface area (Å²) in [5.74, 6) is 0.425. The largest absolute Gasteiger partial charge is 0.508 e. The zero-order chi connectivity index (χ0) is 20.8. The average molecular weight is 398 g/mol. The number of rotatable bonds is 6. The van der Waals surface area contributed by atoms with Crippen molar-refractivity contribution in [1.29, 1.82) is 0 Å². The van der Waals surface area contributed by atoms with Crippen LogP contribution in [-0.4, -0.2) is 37.4 Å². The van der Waals surface area contributed by atoms with Gasteiger partial charge in [0.2, 0.25) is 5.82 Å². The number of carbonyl (C=O) groups excluding carboxylic acids is 1. The molecule has 8 heteroatoms. The molecule has 0 unspecified atom stereocenters. The number of carbonyl (C=O) groups is 1. The standard InChI is InChI=1S/C22H18N6O2/c29-20-12-8-16(9-13-20)14-23-25-22(30)19-10-6-17(7-11-19)15-28-26-21(24-27-28)18-4-2-1-3-5-18/h1-14,29H,15H2,(H,25,30). The Balaban J connectivity index is 1.35. The number of phenols is 1. The van der Waals surface area contributed by atoms with E-state index in [-0.39, 0.29) is 11.7 Å². The molecule has 4 rings (SSSR count). The number of nitrogens with zero attached hydrogens (tertiary/aromatic N) is 5. The summed E-state index contributed by atoms with van der Waals surface area (Å²) in [6.07, 6.45) is 1.51. The Bertz CT molecular complexity index is 1150. The second-order valence-electron chi connectivity index (χ2n) is 6.50. The fourth-order valence-electron chi connectivity index (χ4n) is 2.73. The van der Waals surface area contributed by atoms with E-state index in [9.17, 15) is 9.90 Å². The van der Waals surface area contributed by atoms with E-state index in [2.05, 4.69) is 25.9 Å². The highest BCUT2D eigenvalue weighted by atomic mass is 16.3. The molecule has 3 aromatic carbocycles. The summed E-state index contributed by atoms with van der Waals surface area (Å²) >= 11 is 0. The molecular formula is C22H18N6O2. The first-order valence-electron chi connectivity index (χ1n) is 9.22. The van der Waals surface area contributed by atoms with Gasteiger partial charge >= 0.3 is 0 Å². The zero-order valence-electron chi connectivity index (χ0n) is 15.9. The van der Waals surface area contributed by atoms with Crippen LogP contribution in [-0.2, 0) is 6.54 Å². The minimum absolute atomic E-state index is 0.175. The van der Waals surface area contributed by atoms with Crippen LogP contribution < -0.4 is 5.43 Å². The number of amides is 1. The molecule has 0 radical (unpaired) electrons. The Hall–Kier alpha value is -4.33. The first-order valence-corrected chi connectivity index (χ1v) is 9.22. The van der Waals surface area contributed by atoms with Crippen LogP contribution in [0.4, 0.5) is 0 Å². The fraction of sp³-hybridized carbons (Fsp3) is 0.0455. The van der Waals surface area contributed by atoms with Gasteiger partial charge in [0.25, 0.3) is 5.91 Å². The van der Waals surface area contributed by atoms with Gasteiger partial charge in [0, 0.05) is 11.1 Å². The SMILES string of the molecule is O=C(NN=Cc1ccc(O)cc1)c1ccc(Cn2nnc(-c3ccccc3)n2)cc1. The van der Waals surface area contributed by atoms with Gasteiger partial charge < -0.3 is 5.11 Å². The number of hydrogen-bond acceptors (Lipinski definition) is 6. The van der Waals surface area contributed by atoms with Crippen LogP contribution in [0.1, 0.15) is 21.5 Å². The number of aromatic hydroxyl groups is 1. The second-order valence-corrected chi connectivity index (χ2v) is 6.50. The van der Waals surface area contributed by atoms with Crippen molar-refractivity contribution in [3.05, 3.63) is 95.6 Å². The van der Waals surface area contributed by atoms with E-state index in [1.807, 2.05) is 42.5 Å². The van der Waals surface area contributed by atoms with Crippen molar-refractivity contribution in [2.24, 2.45) is 5.10 Å². The lowest BCUT2D eigenvalue weighted by Gasteiger charge is -2.03. The van der Waals surface area contributed by atoms with Crippen molar-refractivity contribution in [3.63, 3.8) is 0 Å². The summed E-state index contributed by atoms with van der Waals surface area (Å²) in [6, 6.07) is 23.2. The molecule has 0 saturated carbocycles. The van der Waals surface area contributed by atoms with Gasteiger partial charge in [-0.05, 0) is 52.7 Å². The van der Waals surface area contributed by atoms with Crippen molar-refractivity contribution in [2.45, 2.75) is 6.54 Å². The normalized spacial score (nSPS) is 10.9. The molecule has 2 N–H and O–H groups in total. The maximum Gasteiger partial charge on any atom is 0.271 e. The molecule has 8 nitrogen and oxygen atoms in total. The van der Waals surface area contributed by atoms with Gasteiger partial charge in [-0.1, -0.05) is 42.5 Å². The molecule has 0 spiro atoms. The molecule has 30 heavy (non-hydrogen) atoms. The Morgan fingerprint density at radius 1 is 1.00 bits per heavy atom. The minimum atomic E-state index is -0.318. The molecule has 0 saturated heterocycles. The first kappa shape index (κ1) is 19.0. The summed E-state index contributed by atoms with van der Waals surface area (Å²) in [4.78, 5) is 13.7. The lowest BCUT2D eigenvalue weighted by Crippen LogP contribution is -2.17. The monoisotopic (exact) mass is 398 g/mol. The first-order chi connectivity index (χ1) is 14.7. The summed E-state index contributed by atoms with van der Waals surface area (Å²) in [5, 5.41) is 25.7. The third kappa shape index (κ3) is 4.74. The summed E-state index contributed by atoms with van der Waals surface area (Å²) in [7, 11) is 0. The zero-order valence-corrected chi connectivity index (χ0v) is 15.9. The maximum absolute atomic E-state index is 12.2. The highest BCUT2D eigenvalue weighted by Gasteiger charge is 2.07. The topological polar surface area (TPSA) is 105 Å². The highest BCUT2D eigenvalue weighted by molar-refractivity contribution is 5.94. The van der Waals surface area contributed by atoms with Crippen molar-refractivity contribution in [2.75, 3.05) is 0 Å². The molecule has 0 aliphatic rings. The van der Waals surface area contributed by atoms with Crippen molar-refractivity contribution < 1.29 is 9.90 Å². The van der Waals surface area contributed by atoms with Gasteiger partial charge in [-0.3, -0.25) is 4.79 Å². The van der Waals surface area contributed by atoms with Crippen LogP contribution in [0.3, 0.4) is 0 Å². The highest BCUT2D eigenvalue weighted by Crippen LogP contribution is 2.13. The molecule has 0 aliphatic carbocycles. The van der Waals surface area contributed by atoms with Crippen molar-refractivity contribution in [3.8, 4) is 17.1 Å². The Labute approximate surface area is 172 Å². The van der Waals surface area contributed by atoms with Gasteiger partial charge in [-0.2, -0.15) is 9.90 Å². The van der Waals surface area contributed by atoms with Crippen LogP contribution >= 0.6 is 0 Å². The van der Waals surface area contributed by atoms with E-state index < -0.39 is 0 Å². The van der Waals surface area contributed by atoms with Crippen LogP contribution in [0.15, 0.2) is 84.0 Å². The van der Waals surface area contributed by atoms with Gasteiger partial charge in [-0.25, -0.2) is 5.43 Å². The number of aromatic nitrogens is 4. The Morgan fingerprint density at radius 2 is 1.73 bits per heavy atom. The van der Waals surface area contributed by atoms with Gasteiger partial charge in [0.05, 0.1) is 12.8 Å². The summed E-state index contributed by atoms with van der Waals surface area (Å²) in [6.45, 7) is 0.445. The number of phenolic OH excluding ortho intramolecular Hbond substituents is 1. The van der Waals surface area contributed by atoms with E-state index in [4.69, 9.17) is 0 Å². The lowest BCUT2D eigenvalue weighted by atomic mass is 10.1. The maximum atomic E-state index is 12.2. The minimum Gasteiger partial charge on any atom is -0.508 e. The van der Waals surface area contributed by atoms with Crippen molar-refractivity contribution >= 4 is 12.1 Å². The Kier molecular flexibility index (Phi) is 5.56. The van der Waals surface area contributed by atoms with E-state index in [1.54, 1.807) is 36.4 Å². The quantitative estimate of drug-likeness (QED) is 0.384. The molecule has 0 bridgehead atoms. The predicted molar refractivity (Wildman–Crippen MR) is 112 cm³/mol. The van der Waals surface area contributed by atoms with Crippen LogP contribution in [0.25, 0.3) is 11.4 Å². The van der Waals surface area contributed by atoms with E-state index in [1.165, 1.54) is 11.0 Å². The fourth-order valence-corrected chi connectivity index (χ4v) is 2.73. The van der Waals surface area contributed by atoms with Crippen LogP contribution in [0.2, 0.25) is 0 Å². The molecule has 1 amide bonds. The summed E-state index contributed by atoms with van der Waals surface area (Å²) < 4.78 is 0. The van der Waals surface area contributed by atoms with E-state index >= 15 is 0 Å². The third-order valence-electron chi connectivity index (χ3n) is 4.30. The number of hydrogen-bond donors (Lipinski definition) is 2. The smallest absolute Gasteiger partial charge is 0.271 e. The average Bonchev–Trinajstić information content (AvgIpc) is 3.25. The van der Waals surface area contributed by atoms with E-state index in [0.717, 1.165) is 16.7 Å². The number of hydrazone groups is 1. The molecule has 4 aromatic rings. The predicted octanol–water partition coefficient (Wildman–Crippen LogP) is 2.86. The molecule has 1 aromatic heterocycles. The van der Waals surface area contributed by atoms with Crippen LogP contribution in [0.5, 0.6) is 5.75 Å². The van der Waals surface area contributed by atoms with Crippen molar-refractivity contribution in [1.82, 2.24) is 25.6 Å². The molecule has 0 aliphatic heterocycles.